The first kappa shape index (κ1) is 14.6. The number of hydrogen-bond donors (Lipinski definition) is 2. The number of nitrogens with zero attached hydrogens (tertiary/aromatic N) is 2. The van der Waals surface area contributed by atoms with Crippen LogP contribution in [0.1, 0.15) is 11.1 Å². The van der Waals surface area contributed by atoms with Gasteiger partial charge >= 0.3 is 6.18 Å². The van der Waals surface area contributed by atoms with Gasteiger partial charge in [-0.15, -0.1) is 0 Å². The van der Waals surface area contributed by atoms with Crippen LogP contribution in [-0.2, 0) is 6.18 Å². The molecule has 110 valence electrons. The summed E-state index contributed by atoms with van der Waals surface area (Å²) in [5, 5.41) is 11.4. The highest BCUT2D eigenvalue weighted by molar-refractivity contribution is 5.99. The molecule has 0 atom stereocenters. The summed E-state index contributed by atoms with van der Waals surface area (Å²) < 4.78 is 43.5. The number of halogens is 3. The molecule has 8 heteroatoms. The molecule has 0 aliphatic carbocycles. The maximum absolute atomic E-state index is 12.7. The van der Waals surface area contributed by atoms with Crippen molar-refractivity contribution >= 4 is 5.84 Å². The molecule has 0 radical (unpaired) electrons. The molecule has 0 aliphatic rings. The monoisotopic (exact) mass is 297 g/mol. The van der Waals surface area contributed by atoms with Crippen LogP contribution in [0.2, 0.25) is 0 Å². The Labute approximate surface area is 117 Å². The minimum Gasteiger partial charge on any atom is -0.455 e. The Bertz CT molecular complexity index is 657. The van der Waals surface area contributed by atoms with Gasteiger partial charge in [0.15, 0.2) is 5.84 Å². The van der Waals surface area contributed by atoms with Crippen LogP contribution in [0.3, 0.4) is 0 Å². The molecule has 0 spiro atoms. The first-order chi connectivity index (χ1) is 9.91. The number of pyridine rings is 1. The first-order valence-electron chi connectivity index (χ1n) is 5.69. The van der Waals surface area contributed by atoms with Gasteiger partial charge in [0.2, 0.25) is 0 Å². The van der Waals surface area contributed by atoms with Crippen LogP contribution in [-0.4, -0.2) is 16.0 Å². The van der Waals surface area contributed by atoms with Gasteiger partial charge in [-0.2, -0.15) is 13.2 Å². The lowest BCUT2D eigenvalue weighted by atomic mass is 10.1. The van der Waals surface area contributed by atoms with E-state index < -0.39 is 17.6 Å². The van der Waals surface area contributed by atoms with E-state index in [4.69, 9.17) is 15.7 Å². The molecule has 21 heavy (non-hydrogen) atoms. The normalized spacial score (nSPS) is 12.2. The molecule has 0 aliphatic heterocycles. The number of hydrogen-bond acceptors (Lipinski definition) is 4. The van der Waals surface area contributed by atoms with Gasteiger partial charge in [0.1, 0.15) is 11.5 Å². The summed E-state index contributed by atoms with van der Waals surface area (Å²) in [5.41, 5.74) is 4.30. The molecule has 5 nitrogen and oxygen atoms in total. The maximum atomic E-state index is 12.7. The first-order valence-corrected chi connectivity index (χ1v) is 5.69. The summed E-state index contributed by atoms with van der Waals surface area (Å²) in [4.78, 5) is 3.82. The van der Waals surface area contributed by atoms with E-state index in [9.17, 15) is 13.2 Å². The van der Waals surface area contributed by atoms with Gasteiger partial charge in [0.25, 0.3) is 0 Å². The molecule has 0 unspecified atom stereocenters. The third-order valence-corrected chi connectivity index (χ3v) is 2.55. The van der Waals surface area contributed by atoms with E-state index in [0.717, 1.165) is 18.2 Å². The molecule has 3 N–H and O–H groups in total. The van der Waals surface area contributed by atoms with E-state index in [1.54, 1.807) is 12.1 Å². The lowest BCUT2D eigenvalue weighted by Gasteiger charge is -2.13. The zero-order valence-corrected chi connectivity index (χ0v) is 10.5. The molecule has 0 saturated carbocycles. The molecule has 0 saturated heterocycles. The SMILES string of the molecule is N/C(=N\O)c1cc(C(F)(F)F)ccc1Oc1cccnc1. The van der Waals surface area contributed by atoms with Crippen LogP contribution in [0.5, 0.6) is 11.5 Å². The molecule has 0 amide bonds. The van der Waals surface area contributed by atoms with Gasteiger partial charge < -0.3 is 15.7 Å². The molecule has 2 rings (SSSR count). The summed E-state index contributed by atoms with van der Waals surface area (Å²) in [7, 11) is 0. The van der Waals surface area contributed by atoms with Crippen molar-refractivity contribution in [3.63, 3.8) is 0 Å². The molecular formula is C13H10F3N3O2. The predicted molar refractivity (Wildman–Crippen MR) is 68.3 cm³/mol. The van der Waals surface area contributed by atoms with Crippen molar-refractivity contribution < 1.29 is 23.1 Å². The minimum atomic E-state index is -4.54. The van der Waals surface area contributed by atoms with E-state index in [2.05, 4.69) is 10.1 Å². The largest absolute Gasteiger partial charge is 0.455 e. The van der Waals surface area contributed by atoms with Gasteiger partial charge in [-0.25, -0.2) is 0 Å². The Morgan fingerprint density at radius 2 is 2.05 bits per heavy atom. The number of oxime groups is 1. The molecule has 1 aromatic heterocycles. The number of alkyl halides is 3. The molecule has 0 fully saturated rings. The van der Waals surface area contributed by atoms with E-state index in [0.29, 0.717) is 5.75 Å². The second kappa shape index (κ2) is 5.70. The number of rotatable bonds is 3. The second-order valence-corrected chi connectivity index (χ2v) is 3.98. The molecule has 0 bridgehead atoms. The maximum Gasteiger partial charge on any atom is 0.416 e. The van der Waals surface area contributed by atoms with Crippen LogP contribution in [0, 0.1) is 0 Å². The third-order valence-electron chi connectivity index (χ3n) is 2.55. The van der Waals surface area contributed by atoms with Crippen molar-refractivity contribution in [3.8, 4) is 11.5 Å². The molecule has 1 heterocycles. The lowest BCUT2D eigenvalue weighted by Crippen LogP contribution is -2.16. The standard InChI is InChI=1S/C13H10F3N3O2/c14-13(15,16)8-3-4-11(10(6-8)12(17)19-20)21-9-2-1-5-18-7-9/h1-7,20H,(H2,17,19). The lowest BCUT2D eigenvalue weighted by molar-refractivity contribution is -0.137. The van der Waals surface area contributed by atoms with Gasteiger partial charge in [-0.1, -0.05) is 5.16 Å². The molecular weight excluding hydrogens is 287 g/mol. The number of ether oxygens (including phenoxy) is 1. The average molecular weight is 297 g/mol. The van der Waals surface area contributed by atoms with Crippen molar-refractivity contribution in [2.75, 3.05) is 0 Å². The van der Waals surface area contributed by atoms with Crippen molar-refractivity contribution in [2.45, 2.75) is 6.18 Å². The second-order valence-electron chi connectivity index (χ2n) is 3.98. The van der Waals surface area contributed by atoms with Crippen LogP contribution >= 0.6 is 0 Å². The van der Waals surface area contributed by atoms with E-state index in [1.807, 2.05) is 0 Å². The Kier molecular flexibility index (Phi) is 3.97. The summed E-state index contributed by atoms with van der Waals surface area (Å²) in [5.74, 6) is -0.157. The summed E-state index contributed by atoms with van der Waals surface area (Å²) in [6, 6.07) is 5.87. The van der Waals surface area contributed by atoms with Crippen LogP contribution in [0.25, 0.3) is 0 Å². The van der Waals surface area contributed by atoms with Gasteiger partial charge in [0, 0.05) is 6.20 Å². The van der Waals surface area contributed by atoms with E-state index in [1.165, 1.54) is 12.4 Å². The molecule has 1 aromatic carbocycles. The van der Waals surface area contributed by atoms with Gasteiger partial charge in [0.05, 0.1) is 17.3 Å². The third kappa shape index (κ3) is 3.41. The van der Waals surface area contributed by atoms with Gasteiger partial charge in [-0.3, -0.25) is 4.98 Å². The zero-order chi connectivity index (χ0) is 15.5. The summed E-state index contributed by atoms with van der Waals surface area (Å²) in [6.45, 7) is 0. The quantitative estimate of drug-likeness (QED) is 0.395. The van der Waals surface area contributed by atoms with Crippen molar-refractivity contribution in [1.29, 1.82) is 0 Å². The van der Waals surface area contributed by atoms with E-state index in [-0.39, 0.29) is 11.3 Å². The predicted octanol–water partition coefficient (Wildman–Crippen LogP) is 2.99. The minimum absolute atomic E-state index is 0.0197. The van der Waals surface area contributed by atoms with Crippen LogP contribution in [0.15, 0.2) is 47.9 Å². The Balaban J connectivity index is 2.46. The Morgan fingerprint density at radius 3 is 2.62 bits per heavy atom. The fourth-order valence-corrected chi connectivity index (χ4v) is 1.58. The van der Waals surface area contributed by atoms with Crippen molar-refractivity contribution in [2.24, 2.45) is 10.9 Å². The van der Waals surface area contributed by atoms with Crippen molar-refractivity contribution in [1.82, 2.24) is 4.98 Å². The zero-order valence-electron chi connectivity index (χ0n) is 10.5. The van der Waals surface area contributed by atoms with Crippen LogP contribution < -0.4 is 10.5 Å². The highest BCUT2D eigenvalue weighted by atomic mass is 19.4. The van der Waals surface area contributed by atoms with Crippen molar-refractivity contribution in [3.05, 3.63) is 53.9 Å². The van der Waals surface area contributed by atoms with E-state index >= 15 is 0 Å². The number of aromatic nitrogens is 1. The summed E-state index contributed by atoms with van der Waals surface area (Å²) >= 11 is 0. The van der Waals surface area contributed by atoms with Gasteiger partial charge in [-0.05, 0) is 30.3 Å². The average Bonchev–Trinajstić information content (AvgIpc) is 2.47. The Morgan fingerprint density at radius 1 is 1.29 bits per heavy atom. The highest BCUT2D eigenvalue weighted by Crippen LogP contribution is 2.33. The fraction of sp³-hybridized carbons (Fsp3) is 0.0769. The Hall–Kier alpha value is -2.77. The number of benzene rings is 1. The fourth-order valence-electron chi connectivity index (χ4n) is 1.58. The summed E-state index contributed by atoms with van der Waals surface area (Å²) in [6.07, 6.45) is -1.64. The molecule has 2 aromatic rings. The van der Waals surface area contributed by atoms with Crippen LogP contribution in [0.4, 0.5) is 13.2 Å². The number of amidine groups is 1. The highest BCUT2D eigenvalue weighted by Gasteiger charge is 2.31. The number of nitrogens with two attached hydrogens (primary N) is 1. The smallest absolute Gasteiger partial charge is 0.416 e. The topological polar surface area (TPSA) is 80.7 Å².